The van der Waals surface area contributed by atoms with Crippen molar-refractivity contribution in [3.05, 3.63) is 76.9 Å². The van der Waals surface area contributed by atoms with Crippen molar-refractivity contribution in [2.45, 2.75) is 39.2 Å². The van der Waals surface area contributed by atoms with Gasteiger partial charge in [0, 0.05) is 47.5 Å². The zero-order valence-electron chi connectivity index (χ0n) is 17.0. The van der Waals surface area contributed by atoms with Gasteiger partial charge < -0.3 is 10.5 Å². The first kappa shape index (κ1) is 20.6. The molecular formula is C24H28N4O. The second kappa shape index (κ2) is 10.4. The molecule has 5 nitrogen and oxygen atoms in total. The number of aromatic nitrogens is 1. The predicted octanol–water partition coefficient (Wildman–Crippen LogP) is 4.08. The minimum Gasteiger partial charge on any atom is -0.398 e. The van der Waals surface area contributed by atoms with E-state index in [0.29, 0.717) is 26.3 Å². The molecule has 0 fully saturated rings. The van der Waals surface area contributed by atoms with Crippen LogP contribution in [0.3, 0.4) is 0 Å². The van der Waals surface area contributed by atoms with E-state index in [1.807, 2.05) is 35.4 Å². The van der Waals surface area contributed by atoms with Crippen LogP contribution in [-0.2, 0) is 11.3 Å². The Bertz CT molecular complexity index is 901. The number of pyridine rings is 1. The molecule has 0 atom stereocenters. The van der Waals surface area contributed by atoms with Gasteiger partial charge in [-0.3, -0.25) is 14.9 Å². The normalized spacial score (nSPS) is 19.0. The van der Waals surface area contributed by atoms with Crippen molar-refractivity contribution in [1.29, 1.82) is 0 Å². The third-order valence-electron chi connectivity index (χ3n) is 4.94. The first-order chi connectivity index (χ1) is 14.2. The highest BCUT2D eigenvalue weighted by atomic mass is 16.5. The molecule has 0 amide bonds. The number of hydrogen-bond acceptors (Lipinski definition) is 5. The summed E-state index contributed by atoms with van der Waals surface area (Å²) in [5.74, 6) is 0. The molecule has 2 N–H and O–H groups in total. The van der Waals surface area contributed by atoms with Crippen molar-refractivity contribution < 1.29 is 4.74 Å². The van der Waals surface area contributed by atoms with Crippen LogP contribution < -0.4 is 5.73 Å². The lowest BCUT2D eigenvalue weighted by Gasteiger charge is -2.22. The van der Waals surface area contributed by atoms with Gasteiger partial charge in [0.2, 0.25) is 0 Å². The number of terminal acetylenes is 1. The SMILES string of the molecule is C#CN(COCC1=C(N)/C(=C/CC)C(=NCc2cccnc2)C1)C1=CC=CCC1. The van der Waals surface area contributed by atoms with Gasteiger partial charge in [0.25, 0.3) is 0 Å². The van der Waals surface area contributed by atoms with E-state index >= 15 is 0 Å². The largest absolute Gasteiger partial charge is 0.398 e. The summed E-state index contributed by atoms with van der Waals surface area (Å²) in [7, 11) is 0. The number of rotatable bonds is 8. The predicted molar refractivity (Wildman–Crippen MR) is 118 cm³/mol. The van der Waals surface area contributed by atoms with Gasteiger partial charge in [-0.15, -0.1) is 0 Å². The van der Waals surface area contributed by atoms with Crippen molar-refractivity contribution in [2.24, 2.45) is 10.7 Å². The number of hydrogen-bond donors (Lipinski definition) is 1. The van der Waals surface area contributed by atoms with Gasteiger partial charge in [0.05, 0.1) is 13.2 Å². The molecule has 0 spiro atoms. The van der Waals surface area contributed by atoms with E-state index in [1.54, 1.807) is 6.20 Å². The molecule has 1 aromatic heterocycles. The Kier molecular flexibility index (Phi) is 7.43. The lowest BCUT2D eigenvalue weighted by Crippen LogP contribution is -2.22. The average Bonchev–Trinajstić information content (AvgIpc) is 3.06. The summed E-state index contributed by atoms with van der Waals surface area (Å²) in [5.41, 5.74) is 12.5. The molecular weight excluding hydrogens is 360 g/mol. The minimum atomic E-state index is 0.349. The molecule has 3 rings (SSSR count). The zero-order chi connectivity index (χ0) is 20.5. The fourth-order valence-corrected chi connectivity index (χ4v) is 3.40. The van der Waals surface area contributed by atoms with Crippen LogP contribution in [0.1, 0.15) is 38.2 Å². The zero-order valence-corrected chi connectivity index (χ0v) is 17.0. The molecule has 29 heavy (non-hydrogen) atoms. The van der Waals surface area contributed by atoms with Crippen molar-refractivity contribution >= 4 is 5.71 Å². The van der Waals surface area contributed by atoms with Crippen LogP contribution in [0.2, 0.25) is 0 Å². The average molecular weight is 389 g/mol. The van der Waals surface area contributed by atoms with Crippen molar-refractivity contribution in [3.8, 4) is 12.5 Å². The standard InChI is InChI=1S/C24H28N4O/c1-3-9-22-23(27-16-19-10-8-13-26-15-19)14-20(24(22)25)17-29-18-28(4-2)21-11-6-5-7-12-21/h2,5-6,8-11,13,15H,3,7,12,14,16-18,25H2,1H3/b22-9+,27-23?. The van der Waals surface area contributed by atoms with Gasteiger partial charge in [-0.25, -0.2) is 0 Å². The van der Waals surface area contributed by atoms with Crippen LogP contribution in [-0.4, -0.2) is 28.9 Å². The van der Waals surface area contributed by atoms with E-state index in [1.165, 1.54) is 0 Å². The smallest absolute Gasteiger partial charge is 0.131 e. The first-order valence-electron chi connectivity index (χ1n) is 10.0. The molecule has 0 bridgehead atoms. The van der Waals surface area contributed by atoms with E-state index in [9.17, 15) is 0 Å². The molecule has 0 aliphatic heterocycles. The Labute approximate surface area is 173 Å². The number of nitrogens with two attached hydrogens (primary N) is 1. The van der Waals surface area contributed by atoms with Crippen LogP contribution in [0.5, 0.6) is 0 Å². The lowest BCUT2D eigenvalue weighted by atomic mass is 10.1. The highest BCUT2D eigenvalue weighted by Crippen LogP contribution is 2.27. The summed E-state index contributed by atoms with van der Waals surface area (Å²) >= 11 is 0. The fourth-order valence-electron chi connectivity index (χ4n) is 3.40. The topological polar surface area (TPSA) is 63.7 Å². The molecule has 1 heterocycles. The summed E-state index contributed by atoms with van der Waals surface area (Å²) in [5, 5.41) is 0. The van der Waals surface area contributed by atoms with E-state index < -0.39 is 0 Å². The van der Waals surface area contributed by atoms with Crippen LogP contribution in [0, 0.1) is 12.5 Å². The Balaban J connectivity index is 1.63. The number of nitrogens with zero attached hydrogens (tertiary/aromatic N) is 3. The molecule has 0 saturated carbocycles. The third-order valence-corrected chi connectivity index (χ3v) is 4.94. The molecule has 5 heteroatoms. The maximum Gasteiger partial charge on any atom is 0.131 e. The molecule has 0 saturated heterocycles. The van der Waals surface area contributed by atoms with Gasteiger partial charge in [-0.1, -0.05) is 37.6 Å². The minimum absolute atomic E-state index is 0.349. The summed E-state index contributed by atoms with van der Waals surface area (Å²) in [6, 6.07) is 6.65. The highest BCUT2D eigenvalue weighted by molar-refractivity contribution is 6.08. The molecule has 2 aliphatic rings. The van der Waals surface area contributed by atoms with Crippen LogP contribution in [0.15, 0.2) is 76.4 Å². The number of aliphatic imine (C=N–C) groups is 1. The van der Waals surface area contributed by atoms with Crippen molar-refractivity contribution in [3.63, 3.8) is 0 Å². The maximum absolute atomic E-state index is 6.42. The van der Waals surface area contributed by atoms with E-state index in [4.69, 9.17) is 21.9 Å². The van der Waals surface area contributed by atoms with E-state index in [0.717, 1.165) is 53.1 Å². The first-order valence-corrected chi connectivity index (χ1v) is 10.0. The van der Waals surface area contributed by atoms with Crippen LogP contribution >= 0.6 is 0 Å². The fraction of sp³-hybridized carbons (Fsp3) is 0.333. The van der Waals surface area contributed by atoms with Gasteiger partial charge in [-0.2, -0.15) is 0 Å². The van der Waals surface area contributed by atoms with Crippen molar-refractivity contribution in [2.75, 3.05) is 13.3 Å². The molecule has 2 aliphatic carbocycles. The van der Waals surface area contributed by atoms with Crippen LogP contribution in [0.25, 0.3) is 0 Å². The van der Waals surface area contributed by atoms with Gasteiger partial charge in [0.15, 0.2) is 0 Å². The summed E-state index contributed by atoms with van der Waals surface area (Å²) < 4.78 is 5.92. The Morgan fingerprint density at radius 3 is 3.03 bits per heavy atom. The lowest BCUT2D eigenvalue weighted by molar-refractivity contribution is 0.0880. The highest BCUT2D eigenvalue weighted by Gasteiger charge is 2.23. The van der Waals surface area contributed by atoms with Gasteiger partial charge >= 0.3 is 0 Å². The summed E-state index contributed by atoms with van der Waals surface area (Å²) in [6.45, 7) is 3.49. The molecule has 150 valence electrons. The van der Waals surface area contributed by atoms with Crippen LogP contribution in [0.4, 0.5) is 0 Å². The quantitative estimate of drug-likeness (QED) is 0.414. The Morgan fingerprint density at radius 2 is 2.34 bits per heavy atom. The third kappa shape index (κ3) is 5.46. The number of allylic oxidation sites excluding steroid dienone is 6. The number of ether oxygens (including phenoxy) is 1. The van der Waals surface area contributed by atoms with Gasteiger partial charge in [-0.05, 0) is 42.5 Å². The van der Waals surface area contributed by atoms with Crippen molar-refractivity contribution in [1.82, 2.24) is 9.88 Å². The Morgan fingerprint density at radius 1 is 1.45 bits per heavy atom. The molecule has 0 aromatic carbocycles. The summed E-state index contributed by atoms with van der Waals surface area (Å²) in [4.78, 5) is 10.8. The van der Waals surface area contributed by atoms with E-state index in [-0.39, 0.29) is 0 Å². The monoisotopic (exact) mass is 388 g/mol. The van der Waals surface area contributed by atoms with E-state index in [2.05, 4.69) is 30.1 Å². The Hall–Kier alpha value is -3.10. The second-order valence-electron chi connectivity index (χ2n) is 7.00. The molecule has 0 radical (unpaired) electrons. The maximum atomic E-state index is 6.42. The summed E-state index contributed by atoms with van der Waals surface area (Å²) in [6.07, 6.45) is 21.2. The van der Waals surface area contributed by atoms with Gasteiger partial charge in [0.1, 0.15) is 6.73 Å². The second-order valence-corrected chi connectivity index (χ2v) is 7.00. The molecule has 0 unspecified atom stereocenters. The molecule has 1 aromatic rings.